The first-order valence-corrected chi connectivity index (χ1v) is 6.43. The fourth-order valence-corrected chi connectivity index (χ4v) is 1.67. The summed E-state index contributed by atoms with van der Waals surface area (Å²) in [6.45, 7) is 5.12. The van der Waals surface area contributed by atoms with Crippen LogP contribution in [0.25, 0.3) is 0 Å². The molecule has 0 radical (unpaired) electrons. The maximum Gasteiger partial charge on any atom is 0.411 e. The van der Waals surface area contributed by atoms with E-state index in [4.69, 9.17) is 9.47 Å². The molecule has 1 heterocycles. The number of carbonyl (C=O) groups excluding carboxylic acids is 1. The topological polar surface area (TPSA) is 50.9 Å². The number of hydrogen-bond acceptors (Lipinski definition) is 3. The quantitative estimate of drug-likeness (QED) is 0.654. The molecule has 1 aliphatic rings. The third kappa shape index (κ3) is 4.75. The Kier molecular flexibility index (Phi) is 4.58. The minimum atomic E-state index is -0.435. The number of ether oxygens (including phenoxy) is 2. The van der Waals surface area contributed by atoms with E-state index in [0.717, 1.165) is 12.1 Å². The van der Waals surface area contributed by atoms with E-state index in [2.05, 4.69) is 18.3 Å². The molecule has 0 bridgehead atoms. The molecule has 1 atom stereocenters. The molecule has 0 saturated carbocycles. The van der Waals surface area contributed by atoms with Crippen LogP contribution in [-0.2, 0) is 15.9 Å². The van der Waals surface area contributed by atoms with Gasteiger partial charge in [-0.2, -0.15) is 0 Å². The van der Waals surface area contributed by atoms with Crippen molar-refractivity contribution in [3.05, 3.63) is 41.5 Å². The first-order valence-electron chi connectivity index (χ1n) is 6.43. The van der Waals surface area contributed by atoms with Gasteiger partial charge in [-0.3, -0.25) is 5.32 Å². The molecule has 0 aliphatic carbocycles. The van der Waals surface area contributed by atoms with Gasteiger partial charge in [-0.15, -0.1) is 0 Å². The lowest BCUT2D eigenvalue weighted by Crippen LogP contribution is -2.16. The summed E-state index contributed by atoms with van der Waals surface area (Å²) in [5, 5.41) is 2.72. The van der Waals surface area contributed by atoms with Crippen LogP contribution >= 0.6 is 0 Å². The van der Waals surface area contributed by atoms with Crippen molar-refractivity contribution in [3.8, 4) is 0 Å². The SMILES string of the molecule is CC=C(C)Cc1cccc(NC(=O)OCC2CO2)c1. The number of allylic oxidation sites excluding steroid dienone is 2. The van der Waals surface area contributed by atoms with E-state index in [1.54, 1.807) is 0 Å². The highest BCUT2D eigenvalue weighted by Crippen LogP contribution is 2.15. The maximum atomic E-state index is 11.5. The Morgan fingerprint density at radius 1 is 1.58 bits per heavy atom. The van der Waals surface area contributed by atoms with Gasteiger partial charge in [0.15, 0.2) is 0 Å². The molecule has 0 aromatic heterocycles. The van der Waals surface area contributed by atoms with Crippen LogP contribution in [0.3, 0.4) is 0 Å². The van der Waals surface area contributed by atoms with E-state index in [9.17, 15) is 4.79 Å². The van der Waals surface area contributed by atoms with E-state index in [0.29, 0.717) is 13.2 Å². The van der Waals surface area contributed by atoms with Crippen LogP contribution in [0.5, 0.6) is 0 Å². The number of benzene rings is 1. The van der Waals surface area contributed by atoms with Gasteiger partial charge in [-0.25, -0.2) is 4.79 Å². The van der Waals surface area contributed by atoms with E-state index >= 15 is 0 Å². The number of carbonyl (C=O) groups is 1. The summed E-state index contributed by atoms with van der Waals surface area (Å²) in [5.41, 5.74) is 3.22. The van der Waals surface area contributed by atoms with Gasteiger partial charge in [0.05, 0.1) is 6.61 Å². The molecule has 1 unspecified atom stereocenters. The van der Waals surface area contributed by atoms with Gasteiger partial charge in [-0.1, -0.05) is 23.8 Å². The molecule has 1 aromatic carbocycles. The number of hydrogen-bond donors (Lipinski definition) is 1. The molecule has 1 saturated heterocycles. The lowest BCUT2D eigenvalue weighted by Gasteiger charge is -2.08. The van der Waals surface area contributed by atoms with Crippen LogP contribution in [0, 0.1) is 0 Å². The largest absolute Gasteiger partial charge is 0.446 e. The summed E-state index contributed by atoms with van der Waals surface area (Å²) in [6, 6.07) is 7.78. The molecule has 4 nitrogen and oxygen atoms in total. The lowest BCUT2D eigenvalue weighted by molar-refractivity contribution is 0.150. The van der Waals surface area contributed by atoms with Crippen LogP contribution in [-0.4, -0.2) is 25.4 Å². The van der Waals surface area contributed by atoms with Gasteiger partial charge < -0.3 is 9.47 Å². The lowest BCUT2D eigenvalue weighted by atomic mass is 10.1. The Balaban J connectivity index is 1.88. The van der Waals surface area contributed by atoms with Crippen molar-refractivity contribution in [3.63, 3.8) is 0 Å². The zero-order valence-electron chi connectivity index (χ0n) is 11.3. The van der Waals surface area contributed by atoms with E-state index in [1.165, 1.54) is 11.1 Å². The highest BCUT2D eigenvalue weighted by atomic mass is 16.6. The van der Waals surface area contributed by atoms with Gasteiger partial charge in [0.25, 0.3) is 0 Å². The number of epoxide rings is 1. The van der Waals surface area contributed by atoms with Crippen LogP contribution in [0.15, 0.2) is 35.9 Å². The van der Waals surface area contributed by atoms with Crippen molar-refractivity contribution in [1.82, 2.24) is 0 Å². The molecular weight excluding hydrogens is 242 g/mol. The summed E-state index contributed by atoms with van der Waals surface area (Å²) < 4.78 is 10.00. The molecule has 4 heteroatoms. The predicted molar refractivity (Wildman–Crippen MR) is 74.3 cm³/mol. The number of amides is 1. The molecule has 1 amide bonds. The van der Waals surface area contributed by atoms with Crippen molar-refractivity contribution in [2.45, 2.75) is 26.4 Å². The van der Waals surface area contributed by atoms with Crippen molar-refractivity contribution < 1.29 is 14.3 Å². The second kappa shape index (κ2) is 6.38. The molecule has 2 rings (SSSR count). The van der Waals surface area contributed by atoms with Crippen molar-refractivity contribution in [2.75, 3.05) is 18.5 Å². The number of anilines is 1. The van der Waals surface area contributed by atoms with Crippen molar-refractivity contribution >= 4 is 11.8 Å². The average Bonchev–Trinajstić information content (AvgIpc) is 3.20. The molecule has 1 aromatic rings. The van der Waals surface area contributed by atoms with Gasteiger partial charge >= 0.3 is 6.09 Å². The highest BCUT2D eigenvalue weighted by molar-refractivity contribution is 5.84. The maximum absolute atomic E-state index is 11.5. The van der Waals surface area contributed by atoms with Gasteiger partial charge in [-0.05, 0) is 38.0 Å². The van der Waals surface area contributed by atoms with Crippen LogP contribution in [0.1, 0.15) is 19.4 Å². The van der Waals surface area contributed by atoms with Crippen LogP contribution < -0.4 is 5.32 Å². The average molecular weight is 261 g/mol. The van der Waals surface area contributed by atoms with E-state index in [1.807, 2.05) is 31.2 Å². The Morgan fingerprint density at radius 3 is 3.05 bits per heavy atom. The Morgan fingerprint density at radius 2 is 2.37 bits per heavy atom. The normalized spacial score (nSPS) is 18.0. The standard InChI is InChI=1S/C15H19NO3/c1-3-11(2)7-12-5-4-6-13(8-12)16-15(17)19-10-14-9-18-14/h3-6,8,14H,7,9-10H2,1-2H3,(H,16,17). The predicted octanol–water partition coefficient (Wildman–Crippen LogP) is 3.14. The van der Waals surface area contributed by atoms with Gasteiger partial charge in [0, 0.05) is 5.69 Å². The Labute approximate surface area is 113 Å². The first kappa shape index (κ1) is 13.6. The molecule has 0 spiro atoms. The summed E-state index contributed by atoms with van der Waals surface area (Å²) in [7, 11) is 0. The molecule has 1 N–H and O–H groups in total. The zero-order valence-corrected chi connectivity index (χ0v) is 11.3. The molecule has 102 valence electrons. The summed E-state index contributed by atoms with van der Waals surface area (Å²) in [5.74, 6) is 0. The zero-order chi connectivity index (χ0) is 13.7. The second-order valence-corrected chi connectivity index (χ2v) is 4.69. The molecule has 19 heavy (non-hydrogen) atoms. The Hall–Kier alpha value is -1.81. The van der Waals surface area contributed by atoms with Gasteiger partial charge in [0.1, 0.15) is 12.7 Å². The third-order valence-corrected chi connectivity index (χ3v) is 2.95. The number of nitrogens with one attached hydrogen (secondary N) is 1. The summed E-state index contributed by atoms with van der Waals surface area (Å²) >= 11 is 0. The van der Waals surface area contributed by atoms with Crippen LogP contribution in [0.4, 0.5) is 10.5 Å². The Bertz CT molecular complexity index is 478. The smallest absolute Gasteiger partial charge is 0.411 e. The minimum Gasteiger partial charge on any atom is -0.446 e. The summed E-state index contributed by atoms with van der Waals surface area (Å²) in [4.78, 5) is 11.5. The fraction of sp³-hybridized carbons (Fsp3) is 0.400. The van der Waals surface area contributed by atoms with Gasteiger partial charge in [0.2, 0.25) is 0 Å². The number of rotatable bonds is 5. The summed E-state index contributed by atoms with van der Waals surface area (Å²) in [6.07, 6.45) is 2.63. The fourth-order valence-electron chi connectivity index (χ4n) is 1.67. The monoisotopic (exact) mass is 261 g/mol. The van der Waals surface area contributed by atoms with Crippen molar-refractivity contribution in [2.24, 2.45) is 0 Å². The second-order valence-electron chi connectivity index (χ2n) is 4.69. The molecule has 1 fully saturated rings. The van der Waals surface area contributed by atoms with E-state index < -0.39 is 6.09 Å². The molecular formula is C15H19NO3. The van der Waals surface area contributed by atoms with Crippen LogP contribution in [0.2, 0.25) is 0 Å². The minimum absolute atomic E-state index is 0.0921. The van der Waals surface area contributed by atoms with E-state index in [-0.39, 0.29) is 6.10 Å². The molecule has 1 aliphatic heterocycles. The highest BCUT2D eigenvalue weighted by Gasteiger charge is 2.24. The van der Waals surface area contributed by atoms with Crippen molar-refractivity contribution in [1.29, 1.82) is 0 Å². The first-order chi connectivity index (χ1) is 9.17. The third-order valence-electron chi connectivity index (χ3n) is 2.95.